The Bertz CT molecular complexity index is 616. The molecule has 0 aliphatic carbocycles. The molecular weight excluding hydrogens is 276 g/mol. The fourth-order valence-electron chi connectivity index (χ4n) is 1.53. The second-order valence-corrected chi connectivity index (χ2v) is 4.97. The molecule has 6 nitrogen and oxygen atoms in total. The van der Waals surface area contributed by atoms with Crippen molar-refractivity contribution in [3.63, 3.8) is 0 Å². The van der Waals surface area contributed by atoms with Crippen LogP contribution in [0.15, 0.2) is 40.5 Å². The van der Waals surface area contributed by atoms with E-state index < -0.39 is 0 Å². The molecule has 0 unspecified atom stereocenters. The van der Waals surface area contributed by atoms with Crippen LogP contribution < -0.4 is 15.8 Å². The number of amides is 1. The van der Waals surface area contributed by atoms with Crippen molar-refractivity contribution < 1.29 is 9.53 Å². The van der Waals surface area contributed by atoms with Gasteiger partial charge in [0.15, 0.2) is 0 Å². The van der Waals surface area contributed by atoms with Gasteiger partial charge in [0.05, 0.1) is 7.11 Å². The van der Waals surface area contributed by atoms with Crippen molar-refractivity contribution in [2.75, 3.05) is 18.2 Å². The Hall–Kier alpha value is -2.28. The smallest absolute Gasteiger partial charge is 0.241 e. The van der Waals surface area contributed by atoms with E-state index in [1.54, 1.807) is 0 Å². The fraction of sp³-hybridized carbons (Fsp3) is 0.154. The topological polar surface area (TPSA) is 90.1 Å². The third-order valence-electron chi connectivity index (χ3n) is 2.39. The predicted molar refractivity (Wildman–Crippen MR) is 77.9 cm³/mol. The fourth-order valence-corrected chi connectivity index (χ4v) is 2.32. The zero-order valence-corrected chi connectivity index (χ0v) is 11.9. The summed E-state index contributed by atoms with van der Waals surface area (Å²) in [6.07, 6.45) is 1.41. The highest BCUT2D eigenvalue weighted by Crippen LogP contribution is 2.34. The molecule has 0 radical (unpaired) electrons. The van der Waals surface area contributed by atoms with Crippen molar-refractivity contribution in [1.29, 1.82) is 0 Å². The lowest BCUT2D eigenvalue weighted by Gasteiger charge is -2.08. The van der Waals surface area contributed by atoms with Gasteiger partial charge in [-0.3, -0.25) is 4.79 Å². The van der Waals surface area contributed by atoms with Gasteiger partial charge in [0.1, 0.15) is 17.0 Å². The number of hydrogen-bond acceptors (Lipinski definition) is 6. The summed E-state index contributed by atoms with van der Waals surface area (Å²) in [4.78, 5) is 19.9. The number of carbonyl (C=O) groups is 1. The van der Waals surface area contributed by atoms with Crippen LogP contribution >= 0.6 is 11.8 Å². The lowest BCUT2D eigenvalue weighted by Crippen LogP contribution is -2.05. The molecule has 7 heteroatoms. The van der Waals surface area contributed by atoms with Crippen molar-refractivity contribution in [3.8, 4) is 5.88 Å². The Morgan fingerprint density at radius 2 is 2.00 bits per heavy atom. The first-order chi connectivity index (χ1) is 9.60. The van der Waals surface area contributed by atoms with Crippen molar-refractivity contribution in [3.05, 3.63) is 30.6 Å². The summed E-state index contributed by atoms with van der Waals surface area (Å²) >= 11 is 1.40. The second kappa shape index (κ2) is 6.25. The Kier molecular flexibility index (Phi) is 4.41. The summed E-state index contributed by atoms with van der Waals surface area (Å²) in [6.45, 7) is 1.47. The van der Waals surface area contributed by atoms with Crippen LogP contribution in [0.3, 0.4) is 0 Å². The van der Waals surface area contributed by atoms with E-state index in [4.69, 9.17) is 10.5 Å². The van der Waals surface area contributed by atoms with E-state index in [1.807, 2.05) is 24.3 Å². The number of nitrogen functional groups attached to an aromatic ring is 1. The Morgan fingerprint density at radius 3 is 2.60 bits per heavy atom. The van der Waals surface area contributed by atoms with Gasteiger partial charge in [0, 0.05) is 17.5 Å². The predicted octanol–water partition coefficient (Wildman–Crippen LogP) is 2.18. The van der Waals surface area contributed by atoms with E-state index in [-0.39, 0.29) is 5.91 Å². The minimum absolute atomic E-state index is 0.102. The van der Waals surface area contributed by atoms with E-state index in [0.29, 0.717) is 16.6 Å². The first-order valence-electron chi connectivity index (χ1n) is 5.80. The normalized spacial score (nSPS) is 10.1. The van der Waals surface area contributed by atoms with E-state index in [9.17, 15) is 4.79 Å². The first kappa shape index (κ1) is 14.1. The van der Waals surface area contributed by atoms with Gasteiger partial charge in [0.25, 0.3) is 0 Å². The minimum atomic E-state index is -0.102. The molecular formula is C13H14N4O2S. The third-order valence-corrected chi connectivity index (χ3v) is 3.42. The van der Waals surface area contributed by atoms with E-state index in [1.165, 1.54) is 32.1 Å². The summed E-state index contributed by atoms with van der Waals surface area (Å²) in [5, 5.41) is 3.34. The van der Waals surface area contributed by atoms with Crippen LogP contribution in [0.5, 0.6) is 5.88 Å². The van der Waals surface area contributed by atoms with Crippen LogP contribution in [0.1, 0.15) is 6.92 Å². The van der Waals surface area contributed by atoms with Gasteiger partial charge in [-0.15, -0.1) is 0 Å². The van der Waals surface area contributed by atoms with Gasteiger partial charge in [-0.1, -0.05) is 11.8 Å². The van der Waals surface area contributed by atoms with Gasteiger partial charge in [-0.05, 0) is 24.3 Å². The van der Waals surface area contributed by atoms with Crippen molar-refractivity contribution in [1.82, 2.24) is 9.97 Å². The van der Waals surface area contributed by atoms with Crippen molar-refractivity contribution in [2.45, 2.75) is 16.8 Å². The second-order valence-electron chi connectivity index (χ2n) is 3.91. The molecule has 2 rings (SSSR count). The average Bonchev–Trinajstić information content (AvgIpc) is 2.43. The van der Waals surface area contributed by atoms with Crippen LogP contribution in [0.4, 0.5) is 11.4 Å². The SMILES string of the molecule is COc1ncnc(Sc2ccc(NC(C)=O)cc2)c1N. The molecule has 2 aromatic rings. The van der Waals surface area contributed by atoms with Crippen LogP contribution in [0.25, 0.3) is 0 Å². The first-order valence-corrected chi connectivity index (χ1v) is 6.61. The van der Waals surface area contributed by atoms with Crippen LogP contribution in [-0.4, -0.2) is 23.0 Å². The Labute approximate surface area is 120 Å². The molecule has 0 aliphatic heterocycles. The largest absolute Gasteiger partial charge is 0.479 e. The number of nitrogens with one attached hydrogen (secondary N) is 1. The molecule has 1 aromatic carbocycles. The zero-order chi connectivity index (χ0) is 14.5. The molecule has 1 heterocycles. The summed E-state index contributed by atoms with van der Waals surface area (Å²) in [5.41, 5.74) is 7.06. The number of ether oxygens (including phenoxy) is 1. The molecule has 1 amide bonds. The van der Waals surface area contributed by atoms with Gasteiger partial charge < -0.3 is 15.8 Å². The summed E-state index contributed by atoms with van der Waals surface area (Å²) in [5.74, 6) is 0.257. The lowest BCUT2D eigenvalue weighted by molar-refractivity contribution is -0.114. The maximum Gasteiger partial charge on any atom is 0.241 e. The van der Waals surface area contributed by atoms with Gasteiger partial charge >= 0.3 is 0 Å². The quantitative estimate of drug-likeness (QED) is 0.839. The van der Waals surface area contributed by atoms with Crippen LogP contribution in [0.2, 0.25) is 0 Å². The minimum Gasteiger partial charge on any atom is -0.479 e. The van der Waals surface area contributed by atoms with Gasteiger partial charge in [-0.25, -0.2) is 4.98 Å². The number of rotatable bonds is 4. The molecule has 0 atom stereocenters. The third kappa shape index (κ3) is 3.39. The monoisotopic (exact) mass is 290 g/mol. The molecule has 104 valence electrons. The summed E-state index contributed by atoms with van der Waals surface area (Å²) in [7, 11) is 1.51. The zero-order valence-electron chi connectivity index (χ0n) is 11.1. The van der Waals surface area contributed by atoms with Crippen molar-refractivity contribution in [2.24, 2.45) is 0 Å². The standard InChI is InChI=1S/C13H14N4O2S/c1-8(18)17-9-3-5-10(6-4-9)20-13-11(14)12(19-2)15-7-16-13/h3-7H,14H2,1-2H3,(H,17,18). The molecule has 3 N–H and O–H groups in total. The van der Waals surface area contributed by atoms with Crippen LogP contribution in [0, 0.1) is 0 Å². The molecule has 0 bridgehead atoms. The van der Waals surface area contributed by atoms with Crippen molar-refractivity contribution >= 4 is 29.0 Å². The maximum atomic E-state index is 10.9. The Balaban J connectivity index is 2.16. The van der Waals surface area contributed by atoms with E-state index >= 15 is 0 Å². The molecule has 0 saturated carbocycles. The number of benzene rings is 1. The number of nitrogens with two attached hydrogens (primary N) is 1. The summed E-state index contributed by atoms with van der Waals surface area (Å²) in [6, 6.07) is 7.39. The number of hydrogen-bond donors (Lipinski definition) is 2. The number of carbonyl (C=O) groups excluding carboxylic acids is 1. The average molecular weight is 290 g/mol. The van der Waals surface area contributed by atoms with Gasteiger partial charge in [-0.2, -0.15) is 4.98 Å². The Morgan fingerprint density at radius 1 is 1.30 bits per heavy atom. The highest BCUT2D eigenvalue weighted by molar-refractivity contribution is 7.99. The number of methoxy groups -OCH3 is 1. The highest BCUT2D eigenvalue weighted by Gasteiger charge is 2.09. The number of aromatic nitrogens is 2. The summed E-state index contributed by atoms with van der Waals surface area (Å²) < 4.78 is 5.05. The van der Waals surface area contributed by atoms with E-state index in [2.05, 4.69) is 15.3 Å². The molecule has 0 spiro atoms. The molecule has 0 saturated heterocycles. The molecule has 0 aliphatic rings. The highest BCUT2D eigenvalue weighted by atomic mass is 32.2. The lowest BCUT2D eigenvalue weighted by atomic mass is 10.3. The number of anilines is 2. The molecule has 0 fully saturated rings. The maximum absolute atomic E-state index is 10.9. The molecule has 20 heavy (non-hydrogen) atoms. The number of nitrogens with zero attached hydrogens (tertiary/aromatic N) is 2. The molecule has 1 aromatic heterocycles. The van der Waals surface area contributed by atoms with Crippen LogP contribution in [-0.2, 0) is 4.79 Å². The van der Waals surface area contributed by atoms with E-state index in [0.717, 1.165) is 10.6 Å². The van der Waals surface area contributed by atoms with Gasteiger partial charge in [0.2, 0.25) is 11.8 Å².